The zero-order chi connectivity index (χ0) is 72.2. The number of ether oxygens (including phenoxy) is 1. The summed E-state index contributed by atoms with van der Waals surface area (Å²) in [7, 11) is 1.26. The number of ketones is 1. The molecule has 0 bridgehead atoms. The lowest BCUT2D eigenvalue weighted by molar-refractivity contribution is -0.156. The van der Waals surface area contributed by atoms with Gasteiger partial charge in [0, 0.05) is 23.2 Å². The first-order valence-corrected chi connectivity index (χ1v) is 29.6. The van der Waals surface area contributed by atoms with Crippen LogP contribution in [-0.2, 0) is 86.2 Å². The number of rotatable bonds is 23. The highest BCUT2D eigenvalue weighted by Crippen LogP contribution is 2.18. The van der Waals surface area contributed by atoms with Crippen molar-refractivity contribution in [3.63, 3.8) is 0 Å². The van der Waals surface area contributed by atoms with Gasteiger partial charge in [-0.3, -0.25) is 81.5 Å². The molecule has 0 aliphatic carbocycles. The fraction of sp³-hybridized carbons (Fsp3) is 0.579. The van der Waals surface area contributed by atoms with Crippen LogP contribution in [0.15, 0.2) is 24.3 Å². The quantitative estimate of drug-likeness (QED) is 0.0275. The van der Waals surface area contributed by atoms with Gasteiger partial charge in [-0.2, -0.15) is 0 Å². The van der Waals surface area contributed by atoms with E-state index in [9.17, 15) is 112 Å². The van der Waals surface area contributed by atoms with Crippen LogP contribution >= 0.6 is 0 Å². The summed E-state index contributed by atoms with van der Waals surface area (Å²) in [6.45, 7) is 6.11. The third-order valence-electron chi connectivity index (χ3n) is 13.8. The molecule has 1 saturated heterocycles. The van der Waals surface area contributed by atoms with Crippen molar-refractivity contribution in [1.29, 1.82) is 0 Å². The smallest absolute Gasteiger partial charge is 0.329 e. The highest BCUT2D eigenvalue weighted by molar-refractivity contribution is 6.05. The Kier molecular flexibility index (Phi) is 32.8. The van der Waals surface area contributed by atoms with Gasteiger partial charge in [-0.25, -0.2) is 4.79 Å². The number of carboxylic acids is 4. The van der Waals surface area contributed by atoms with Crippen LogP contribution in [0.5, 0.6) is 0 Å². The number of carboxylic acid groups (broad SMARTS) is 4. The van der Waals surface area contributed by atoms with Gasteiger partial charge in [0.2, 0.25) is 70.9 Å². The van der Waals surface area contributed by atoms with Gasteiger partial charge in [0.15, 0.2) is 5.78 Å². The number of anilines is 1. The van der Waals surface area contributed by atoms with Gasteiger partial charge in [-0.05, 0) is 66.1 Å². The van der Waals surface area contributed by atoms with Crippen LogP contribution in [0.1, 0.15) is 117 Å². The van der Waals surface area contributed by atoms with Crippen molar-refractivity contribution in [2.45, 2.75) is 178 Å². The number of unbranched alkanes of at least 4 members (excludes halogenated alkanes) is 1. The lowest BCUT2D eigenvalue weighted by Gasteiger charge is -2.30. The summed E-state index contributed by atoms with van der Waals surface area (Å²) in [5, 5.41) is 77.8. The third-order valence-corrected chi connectivity index (χ3v) is 13.8. The number of aliphatic hydroxyl groups is 1. The molecule has 0 spiro atoms. The molecule has 12 amide bonds. The number of nitrogens with two attached hydrogens (primary N) is 1. The summed E-state index contributed by atoms with van der Waals surface area (Å²) in [5.74, 6) is -26.1. The zero-order valence-corrected chi connectivity index (χ0v) is 53.3. The summed E-state index contributed by atoms with van der Waals surface area (Å²) in [6.07, 6.45) is -7.87. The average Bonchev–Trinajstić information content (AvgIpc) is 1.18. The van der Waals surface area contributed by atoms with E-state index < -0.39 is 243 Å². The number of benzene rings is 1. The number of carbonyl (C=O) groups excluding carboxylic acids is 14. The highest BCUT2D eigenvalue weighted by Gasteiger charge is 2.40. The van der Waals surface area contributed by atoms with Crippen LogP contribution in [-0.4, -0.2) is 231 Å². The Balaban J connectivity index is 2.95. The van der Waals surface area contributed by atoms with Crippen molar-refractivity contribution in [3.8, 4) is 0 Å². The summed E-state index contributed by atoms with van der Waals surface area (Å²) in [4.78, 5) is 241. The molecule has 0 aromatic heterocycles. The zero-order valence-electron chi connectivity index (χ0n) is 53.3. The van der Waals surface area contributed by atoms with Gasteiger partial charge in [0.25, 0.3) is 0 Å². The third kappa shape index (κ3) is 28.6. The van der Waals surface area contributed by atoms with E-state index in [1.807, 2.05) is 16.0 Å². The number of nitrogens with one attached hydrogen (secondary N) is 13. The number of esters is 1. The van der Waals surface area contributed by atoms with Gasteiger partial charge in [0.1, 0.15) is 60.5 Å². The largest absolute Gasteiger partial charge is 0.481 e. The Morgan fingerprint density at radius 2 is 1.14 bits per heavy atom. The van der Waals surface area contributed by atoms with Gasteiger partial charge < -0.3 is 105 Å². The molecule has 1 aliphatic heterocycles. The van der Waals surface area contributed by atoms with Crippen molar-refractivity contribution < 1.29 is 117 Å². The standard InChI is InChI=1S/C57H84N14O24/c1-9-10-15-30-49(87)66-33(20-43(81)82)51(89)62-26(3)47(85)65-32(19-42(79)80)48(86)60-22-40(76)64-36(24-72)53(91)69-45(25(2)16-41(77)78)55(93)68-35(17-37(73)28-13-11-12-14-29(28)58)56(94)95-27(4)46(54(92)61-23-39(75)63-30)70-52(90)34(21-44(83)84)67-50(88)31(59-8)18-38(74)71-57(5,6)7/h11-14,25-27,30-36,45-46,59,72H,9-10,15-24,58H2,1-8H3,(H,60,86)(H,61,92)(H,62,89)(H,63,75)(H,64,76)(H,65,85)(H,66,87)(H,67,88)(H,68,93)(H,69,91)(H,70,90)(H,71,74)(H,77,78)(H,79,80)(H,81,82)(H,83,84). The number of nitrogen functional groups attached to an aromatic ring is 1. The number of cyclic esters (lactones) is 1. The molecule has 1 aromatic carbocycles. The van der Waals surface area contributed by atoms with E-state index in [2.05, 4.69) is 53.2 Å². The number of hydrogen-bond acceptors (Lipinski definition) is 22. The van der Waals surface area contributed by atoms with E-state index in [-0.39, 0.29) is 24.1 Å². The second kappa shape index (κ2) is 38.6. The van der Waals surface area contributed by atoms with Crippen molar-refractivity contribution in [2.75, 3.05) is 32.5 Å². The number of carbonyl (C=O) groups is 18. The minimum absolute atomic E-state index is 0.153. The Morgan fingerprint density at radius 3 is 1.67 bits per heavy atom. The molecule has 1 heterocycles. The van der Waals surface area contributed by atoms with Crippen LogP contribution in [0.25, 0.3) is 0 Å². The number of amides is 12. The number of hydrogen-bond donors (Lipinski definition) is 19. The number of aliphatic carboxylic acids is 4. The summed E-state index contributed by atoms with van der Waals surface area (Å²) in [5.41, 5.74) is 4.88. The second-order valence-electron chi connectivity index (χ2n) is 23.0. The molecular formula is C57H84N14O24. The van der Waals surface area contributed by atoms with Gasteiger partial charge in [-0.1, -0.05) is 38.8 Å². The molecule has 38 heteroatoms. The molecule has 2 rings (SSSR count). The van der Waals surface area contributed by atoms with Crippen LogP contribution < -0.4 is 74.9 Å². The van der Waals surface area contributed by atoms with E-state index in [0.717, 1.165) is 20.8 Å². The predicted molar refractivity (Wildman–Crippen MR) is 325 cm³/mol. The molecule has 95 heavy (non-hydrogen) atoms. The molecule has 1 aromatic rings. The van der Waals surface area contributed by atoms with Crippen molar-refractivity contribution in [1.82, 2.24) is 69.1 Å². The summed E-state index contributed by atoms with van der Waals surface area (Å²) < 4.78 is 5.63. The van der Waals surface area contributed by atoms with Gasteiger partial charge in [0.05, 0.1) is 57.8 Å². The van der Waals surface area contributed by atoms with E-state index in [4.69, 9.17) is 10.5 Å². The fourth-order valence-electron chi connectivity index (χ4n) is 8.88. The van der Waals surface area contributed by atoms with E-state index in [1.54, 1.807) is 27.7 Å². The Morgan fingerprint density at radius 1 is 0.611 bits per heavy atom. The minimum Gasteiger partial charge on any atom is -0.481 e. The minimum atomic E-state index is -2.30. The first-order chi connectivity index (χ1) is 44.3. The van der Waals surface area contributed by atoms with E-state index in [0.29, 0.717) is 6.42 Å². The molecule has 20 N–H and O–H groups in total. The lowest BCUT2D eigenvalue weighted by Crippen LogP contribution is -2.61. The highest BCUT2D eigenvalue weighted by atomic mass is 16.5. The SMILES string of the molecule is CCCCC1NC(=O)CNC(=O)C(NC(=O)C(CC(=O)O)NC(=O)C(CC(=O)NC(C)(C)C)NC)C(C)OC(=O)C(CC(=O)c2ccccc2N)NC(=O)C(C(C)CC(=O)O)NC(=O)C(CO)NC(=O)CNC(=O)C(CC(=O)O)NC(=O)C(C)NC(=O)C(CC(=O)O)NC1=O. The van der Waals surface area contributed by atoms with Crippen LogP contribution in [0.3, 0.4) is 0 Å². The normalized spacial score (nSPS) is 23.1. The topological polar surface area (TPSA) is 600 Å². The molecular weight excluding hydrogens is 1260 g/mol. The van der Waals surface area contributed by atoms with Crippen molar-refractivity contribution in [2.24, 2.45) is 5.92 Å². The Labute approximate surface area is 543 Å². The number of para-hydroxylation sites is 1. The van der Waals surface area contributed by atoms with Crippen molar-refractivity contribution >= 4 is 112 Å². The molecule has 38 nitrogen and oxygen atoms in total. The summed E-state index contributed by atoms with van der Waals surface area (Å²) in [6, 6.07) is -14.4. The first-order valence-electron chi connectivity index (χ1n) is 29.6. The second-order valence-corrected chi connectivity index (χ2v) is 23.0. The predicted octanol–water partition coefficient (Wildman–Crippen LogP) is -6.99. The Hall–Kier alpha value is -10.4. The number of likely N-dealkylation sites (N-methyl/N-ethyl adjacent to an activating group) is 1. The maximum absolute atomic E-state index is 14.6. The molecule has 0 saturated carbocycles. The molecule has 526 valence electrons. The van der Waals surface area contributed by atoms with Crippen LogP contribution in [0.2, 0.25) is 0 Å². The van der Waals surface area contributed by atoms with Gasteiger partial charge >= 0.3 is 29.8 Å². The molecule has 12 unspecified atom stereocenters. The van der Waals surface area contributed by atoms with Crippen molar-refractivity contribution in [3.05, 3.63) is 29.8 Å². The molecule has 1 aliphatic rings. The van der Waals surface area contributed by atoms with E-state index in [1.165, 1.54) is 31.3 Å². The lowest BCUT2D eigenvalue weighted by atomic mass is 9.96. The van der Waals surface area contributed by atoms with Gasteiger partial charge in [-0.15, -0.1) is 0 Å². The monoisotopic (exact) mass is 1350 g/mol. The maximum Gasteiger partial charge on any atom is 0.329 e. The number of Topliss-reactive ketones (excluding diaryl/α,β-unsaturated/α-hetero) is 1. The fourth-order valence-corrected chi connectivity index (χ4v) is 8.88. The van der Waals surface area contributed by atoms with E-state index >= 15 is 0 Å². The van der Waals surface area contributed by atoms with Crippen LogP contribution in [0, 0.1) is 5.92 Å². The van der Waals surface area contributed by atoms with Crippen LogP contribution in [0.4, 0.5) is 5.69 Å². The maximum atomic E-state index is 14.6. The molecule has 12 atom stereocenters. The number of aliphatic hydroxyl groups excluding tert-OH is 1. The first kappa shape index (κ1) is 80.7. The average molecular weight is 1350 g/mol. The molecule has 1 fully saturated rings. The Bertz CT molecular complexity index is 3050. The summed E-state index contributed by atoms with van der Waals surface area (Å²) >= 11 is 0. The molecule has 0 radical (unpaired) electrons.